The van der Waals surface area contributed by atoms with E-state index >= 15 is 0 Å². The van der Waals surface area contributed by atoms with Crippen LogP contribution in [-0.2, 0) is 4.74 Å². The lowest BCUT2D eigenvalue weighted by atomic mass is 10.2. The van der Waals surface area contributed by atoms with Gasteiger partial charge in [-0.1, -0.05) is 0 Å². The first-order chi connectivity index (χ1) is 7.97. The zero-order valence-corrected chi connectivity index (χ0v) is 10.0. The van der Waals surface area contributed by atoms with Crippen LogP contribution in [0.5, 0.6) is 5.75 Å². The molecule has 1 aliphatic rings. The minimum absolute atomic E-state index is 0.434. The Balaban J connectivity index is 2.25. The van der Waals surface area contributed by atoms with Gasteiger partial charge in [-0.05, 0) is 32.9 Å². The average Bonchev–Trinajstić information content (AvgIpc) is 2.26. The van der Waals surface area contributed by atoms with Gasteiger partial charge in [0.25, 0.3) is 0 Å². The van der Waals surface area contributed by atoms with Gasteiger partial charge in [0.2, 0.25) is 0 Å². The monoisotopic (exact) mass is 234 g/mol. The third kappa shape index (κ3) is 2.55. The highest BCUT2D eigenvalue weighted by molar-refractivity contribution is 5.90. The normalized spacial score (nSPS) is 13.9. The molecular weight excluding hydrogens is 220 g/mol. The minimum atomic E-state index is -0.543. The molecule has 90 valence electrons. The fraction of sp³-hybridized carbons (Fsp3) is 0.333. The van der Waals surface area contributed by atoms with Gasteiger partial charge in [-0.25, -0.2) is 14.7 Å². The second-order valence-electron chi connectivity index (χ2n) is 4.58. The topological polar surface area (TPSA) is 51.7 Å². The molecule has 5 nitrogen and oxygen atoms in total. The van der Waals surface area contributed by atoms with Crippen molar-refractivity contribution in [3.05, 3.63) is 30.8 Å². The Labute approximate surface area is 99.7 Å². The van der Waals surface area contributed by atoms with Crippen LogP contribution in [0.25, 0.3) is 0 Å². The van der Waals surface area contributed by atoms with Crippen molar-refractivity contribution in [2.45, 2.75) is 26.4 Å². The van der Waals surface area contributed by atoms with Crippen LogP contribution in [0.3, 0.4) is 0 Å². The van der Waals surface area contributed by atoms with Crippen LogP contribution >= 0.6 is 0 Å². The molecule has 0 unspecified atom stereocenters. The Morgan fingerprint density at radius 2 is 2.24 bits per heavy atom. The first kappa shape index (κ1) is 11.4. The Kier molecular flexibility index (Phi) is 2.75. The van der Waals surface area contributed by atoms with Crippen LogP contribution in [-0.4, -0.2) is 16.7 Å². The van der Waals surface area contributed by atoms with Gasteiger partial charge in [-0.15, -0.1) is 0 Å². The molecule has 2 heterocycles. The number of rotatable bonds is 0. The van der Waals surface area contributed by atoms with E-state index < -0.39 is 11.7 Å². The van der Waals surface area contributed by atoms with Crippen molar-refractivity contribution >= 4 is 11.9 Å². The molecule has 17 heavy (non-hydrogen) atoms. The number of hydrogen-bond acceptors (Lipinski definition) is 4. The lowest BCUT2D eigenvalue weighted by molar-refractivity contribution is 0.0592. The van der Waals surface area contributed by atoms with Crippen molar-refractivity contribution in [2.75, 3.05) is 4.90 Å². The van der Waals surface area contributed by atoms with Gasteiger partial charge < -0.3 is 9.47 Å². The summed E-state index contributed by atoms with van der Waals surface area (Å²) in [6.07, 6.45) is 4.03. The number of carbonyl (C=O) groups is 1. The van der Waals surface area contributed by atoms with Crippen molar-refractivity contribution in [1.82, 2.24) is 4.98 Å². The summed E-state index contributed by atoms with van der Waals surface area (Å²) >= 11 is 0. The second kappa shape index (κ2) is 4.08. The molecule has 0 saturated carbocycles. The first-order valence-corrected chi connectivity index (χ1v) is 5.28. The number of carbonyl (C=O) groups excluding carboxylic acids is 1. The van der Waals surface area contributed by atoms with E-state index in [1.165, 1.54) is 17.4 Å². The Morgan fingerprint density at radius 1 is 1.47 bits per heavy atom. The van der Waals surface area contributed by atoms with E-state index in [1.807, 2.05) is 20.8 Å². The lowest BCUT2D eigenvalue weighted by Crippen LogP contribution is -2.35. The number of anilines is 1. The second-order valence-corrected chi connectivity index (χ2v) is 4.58. The van der Waals surface area contributed by atoms with Gasteiger partial charge >= 0.3 is 6.09 Å². The highest BCUT2D eigenvalue weighted by atomic mass is 16.6. The summed E-state index contributed by atoms with van der Waals surface area (Å²) in [4.78, 5) is 17.4. The molecule has 1 aliphatic heterocycles. The molecule has 0 fully saturated rings. The number of aromatic nitrogens is 1. The number of hydrogen-bond donors (Lipinski definition) is 0. The van der Waals surface area contributed by atoms with E-state index in [2.05, 4.69) is 4.98 Å². The minimum Gasteiger partial charge on any atom is -0.460 e. The van der Waals surface area contributed by atoms with Gasteiger partial charge in [-0.3, -0.25) is 0 Å². The fourth-order valence-electron chi connectivity index (χ4n) is 1.35. The maximum Gasteiger partial charge on any atom is 0.420 e. The molecule has 0 bridgehead atoms. The van der Waals surface area contributed by atoms with Crippen molar-refractivity contribution in [3.8, 4) is 5.75 Å². The summed E-state index contributed by atoms with van der Waals surface area (Å²) in [6.45, 7) is 5.44. The number of pyridine rings is 1. The fourth-order valence-corrected chi connectivity index (χ4v) is 1.35. The molecule has 0 spiro atoms. The van der Waals surface area contributed by atoms with Crippen LogP contribution < -0.4 is 9.64 Å². The molecular formula is C12H14N2O3. The highest BCUT2D eigenvalue weighted by Crippen LogP contribution is 2.30. The van der Waals surface area contributed by atoms with Crippen LogP contribution in [0.4, 0.5) is 10.6 Å². The maximum atomic E-state index is 11.9. The molecule has 0 atom stereocenters. The summed E-state index contributed by atoms with van der Waals surface area (Å²) in [6, 6.07) is 3.48. The summed E-state index contributed by atoms with van der Waals surface area (Å²) in [5.74, 6) is 0.963. The first-order valence-electron chi connectivity index (χ1n) is 5.28. The molecule has 1 aromatic heterocycles. The van der Waals surface area contributed by atoms with Crippen LogP contribution in [0.1, 0.15) is 20.8 Å². The number of nitrogens with zero attached hydrogens (tertiary/aromatic N) is 2. The lowest BCUT2D eigenvalue weighted by Gasteiger charge is -2.26. The molecule has 2 rings (SSSR count). The number of fused-ring (bicyclic) bond motifs is 1. The molecule has 1 amide bonds. The Hall–Kier alpha value is -2.04. The van der Waals surface area contributed by atoms with Gasteiger partial charge in [0.15, 0.2) is 11.6 Å². The zero-order valence-electron chi connectivity index (χ0n) is 10.0. The predicted octanol–water partition coefficient (Wildman–Crippen LogP) is 2.69. The van der Waals surface area contributed by atoms with Gasteiger partial charge in [0, 0.05) is 6.20 Å². The summed E-state index contributed by atoms with van der Waals surface area (Å²) in [7, 11) is 0. The van der Waals surface area contributed by atoms with Gasteiger partial charge in [0.1, 0.15) is 11.9 Å². The molecule has 0 aromatic carbocycles. The Morgan fingerprint density at radius 3 is 2.94 bits per heavy atom. The highest BCUT2D eigenvalue weighted by Gasteiger charge is 2.26. The van der Waals surface area contributed by atoms with Crippen molar-refractivity contribution in [2.24, 2.45) is 0 Å². The maximum absolute atomic E-state index is 11.9. The quantitative estimate of drug-likeness (QED) is 0.692. The molecule has 0 saturated heterocycles. The SMILES string of the molecule is CC(C)(C)OC(=O)N1C=COc2cccnc21. The third-order valence-electron chi connectivity index (χ3n) is 1.97. The van der Waals surface area contributed by atoms with Crippen LogP contribution in [0.2, 0.25) is 0 Å². The molecule has 0 N–H and O–H groups in total. The Bertz CT molecular complexity index is 463. The predicted molar refractivity (Wildman–Crippen MR) is 62.7 cm³/mol. The van der Waals surface area contributed by atoms with Gasteiger partial charge in [-0.2, -0.15) is 0 Å². The third-order valence-corrected chi connectivity index (χ3v) is 1.97. The van der Waals surface area contributed by atoms with Gasteiger partial charge in [0.05, 0.1) is 6.20 Å². The van der Waals surface area contributed by atoms with Crippen molar-refractivity contribution < 1.29 is 14.3 Å². The standard InChI is InChI=1S/C12H14N2O3/c1-12(2,3)17-11(15)14-7-8-16-9-5-4-6-13-10(9)14/h4-8H,1-3H3. The summed E-state index contributed by atoms with van der Waals surface area (Å²) in [5.41, 5.74) is -0.543. The van der Waals surface area contributed by atoms with E-state index in [4.69, 9.17) is 9.47 Å². The zero-order chi connectivity index (χ0) is 12.5. The molecule has 0 radical (unpaired) electrons. The summed E-state index contributed by atoms with van der Waals surface area (Å²) in [5, 5.41) is 0. The number of ether oxygens (including phenoxy) is 2. The molecule has 5 heteroatoms. The molecule has 0 aliphatic carbocycles. The van der Waals surface area contributed by atoms with E-state index in [1.54, 1.807) is 18.3 Å². The molecule has 1 aromatic rings. The summed E-state index contributed by atoms with van der Waals surface area (Å²) < 4.78 is 10.5. The number of amides is 1. The van der Waals surface area contributed by atoms with E-state index in [0.717, 1.165) is 0 Å². The van der Waals surface area contributed by atoms with E-state index in [0.29, 0.717) is 11.6 Å². The van der Waals surface area contributed by atoms with E-state index in [-0.39, 0.29) is 0 Å². The van der Waals surface area contributed by atoms with Crippen molar-refractivity contribution in [1.29, 1.82) is 0 Å². The largest absolute Gasteiger partial charge is 0.460 e. The smallest absolute Gasteiger partial charge is 0.420 e. The van der Waals surface area contributed by atoms with E-state index in [9.17, 15) is 4.79 Å². The van der Waals surface area contributed by atoms with Crippen LogP contribution in [0.15, 0.2) is 30.8 Å². The average molecular weight is 234 g/mol. The van der Waals surface area contributed by atoms with Crippen LogP contribution in [0, 0.1) is 0 Å². The van der Waals surface area contributed by atoms with Crippen molar-refractivity contribution in [3.63, 3.8) is 0 Å².